The Bertz CT molecular complexity index is 1180. The van der Waals surface area contributed by atoms with E-state index in [9.17, 15) is 0 Å². The Kier molecular flexibility index (Phi) is 4.93. The third-order valence-electron chi connectivity index (χ3n) is 5.90. The molecule has 1 N–H and O–H groups in total. The third-order valence-corrected chi connectivity index (χ3v) is 5.90. The van der Waals surface area contributed by atoms with Crippen LogP contribution in [-0.4, -0.2) is 26.4 Å². The minimum absolute atomic E-state index is 0.891. The molecule has 2 aromatic carbocycles. The van der Waals surface area contributed by atoms with Crippen LogP contribution in [-0.2, 0) is 19.5 Å². The second-order valence-corrected chi connectivity index (χ2v) is 8.15. The average molecular weight is 395 g/mol. The molecule has 0 unspecified atom stereocenters. The smallest absolute Gasteiger partial charge is 0.137 e. The van der Waals surface area contributed by atoms with Crippen LogP contribution >= 0.6 is 0 Å². The lowest BCUT2D eigenvalue weighted by Gasteiger charge is -2.28. The van der Waals surface area contributed by atoms with Crippen molar-refractivity contribution in [3.8, 4) is 22.5 Å². The summed E-state index contributed by atoms with van der Waals surface area (Å²) < 4.78 is 0. The summed E-state index contributed by atoms with van der Waals surface area (Å²) in [5.74, 6) is 0.940. The van der Waals surface area contributed by atoms with Gasteiger partial charge in [-0.1, -0.05) is 54.6 Å². The van der Waals surface area contributed by atoms with E-state index >= 15 is 0 Å². The number of hydrogen-bond acceptors (Lipinski definition) is 3. The molecule has 0 saturated carbocycles. The molecule has 1 aliphatic rings. The molecule has 0 aliphatic carbocycles. The van der Waals surface area contributed by atoms with Gasteiger partial charge in [0, 0.05) is 54.0 Å². The lowest BCUT2D eigenvalue weighted by Crippen LogP contribution is -2.30. The first-order valence-corrected chi connectivity index (χ1v) is 10.5. The van der Waals surface area contributed by atoms with Gasteiger partial charge in [-0.25, -0.2) is 4.98 Å². The summed E-state index contributed by atoms with van der Waals surface area (Å²) in [5, 5.41) is 0. The number of fused-ring (bicyclic) bond motifs is 1. The molecule has 0 radical (unpaired) electrons. The number of pyridine rings is 1. The summed E-state index contributed by atoms with van der Waals surface area (Å²) in [7, 11) is 0. The van der Waals surface area contributed by atoms with Gasteiger partial charge in [0.25, 0.3) is 0 Å². The average Bonchev–Trinajstić information content (AvgIpc) is 3.23. The number of rotatable bonds is 4. The van der Waals surface area contributed by atoms with Crippen LogP contribution in [0.5, 0.6) is 0 Å². The minimum Gasteiger partial charge on any atom is -0.341 e. The number of nitrogens with one attached hydrogen (secondary N) is 1. The Morgan fingerprint density at radius 2 is 1.80 bits per heavy atom. The molecular formula is C26H26N4. The fraction of sp³-hybridized carbons (Fsp3) is 0.231. The monoisotopic (exact) mass is 394 g/mol. The second kappa shape index (κ2) is 7.88. The standard InChI is InChI=1S/C26H26N4/c1-18-8-11-25(19(2)28-18)22-9-10-23-16-30(13-12-21(23)14-22)17-24-15-27-26(29-24)20-6-4-3-5-7-20/h3-11,14-15H,12-13,16-17H2,1-2H3,(H,27,29). The summed E-state index contributed by atoms with van der Waals surface area (Å²) >= 11 is 0. The summed E-state index contributed by atoms with van der Waals surface area (Å²) in [6, 6.07) is 21.5. The maximum absolute atomic E-state index is 4.63. The highest BCUT2D eigenvalue weighted by Gasteiger charge is 2.18. The van der Waals surface area contributed by atoms with Crippen LogP contribution in [0.4, 0.5) is 0 Å². The van der Waals surface area contributed by atoms with Gasteiger partial charge >= 0.3 is 0 Å². The zero-order valence-corrected chi connectivity index (χ0v) is 17.5. The molecule has 1 aliphatic heterocycles. The number of nitrogens with zero attached hydrogens (tertiary/aromatic N) is 3. The van der Waals surface area contributed by atoms with E-state index in [4.69, 9.17) is 0 Å². The number of aryl methyl sites for hydroxylation is 2. The molecule has 0 bridgehead atoms. The van der Waals surface area contributed by atoms with Gasteiger partial charge < -0.3 is 4.98 Å². The molecule has 3 heterocycles. The van der Waals surface area contributed by atoms with Crippen LogP contribution in [0.25, 0.3) is 22.5 Å². The summed E-state index contributed by atoms with van der Waals surface area (Å²) in [6.07, 6.45) is 3.04. The minimum atomic E-state index is 0.891. The van der Waals surface area contributed by atoms with E-state index in [0.29, 0.717) is 0 Å². The first-order valence-electron chi connectivity index (χ1n) is 10.5. The van der Waals surface area contributed by atoms with Gasteiger partial charge in [0.2, 0.25) is 0 Å². The van der Waals surface area contributed by atoms with E-state index in [1.807, 2.05) is 31.3 Å². The van der Waals surface area contributed by atoms with Crippen LogP contribution in [0.2, 0.25) is 0 Å². The van der Waals surface area contributed by atoms with Gasteiger partial charge in [-0.15, -0.1) is 0 Å². The van der Waals surface area contributed by atoms with Gasteiger partial charge in [0.1, 0.15) is 5.82 Å². The molecule has 0 fully saturated rings. The lowest BCUT2D eigenvalue weighted by molar-refractivity contribution is 0.243. The SMILES string of the molecule is Cc1ccc(-c2ccc3c(c2)CCN(Cc2cnc(-c4ccccc4)[nH]2)C3)c(C)n1. The largest absolute Gasteiger partial charge is 0.341 e. The van der Waals surface area contributed by atoms with Gasteiger partial charge in [0.05, 0.1) is 0 Å². The van der Waals surface area contributed by atoms with Crippen molar-refractivity contribution in [1.82, 2.24) is 19.9 Å². The molecule has 0 saturated heterocycles. The Morgan fingerprint density at radius 1 is 0.933 bits per heavy atom. The zero-order chi connectivity index (χ0) is 20.5. The number of imidazole rings is 1. The molecule has 5 rings (SSSR count). The van der Waals surface area contributed by atoms with Gasteiger partial charge in [0.15, 0.2) is 0 Å². The van der Waals surface area contributed by atoms with E-state index < -0.39 is 0 Å². The lowest BCUT2D eigenvalue weighted by atomic mass is 9.94. The topological polar surface area (TPSA) is 44.8 Å². The van der Waals surface area contributed by atoms with Crippen LogP contribution in [0.1, 0.15) is 28.2 Å². The highest BCUT2D eigenvalue weighted by molar-refractivity contribution is 5.67. The van der Waals surface area contributed by atoms with Crippen molar-refractivity contribution >= 4 is 0 Å². The predicted octanol–water partition coefficient (Wildman–Crippen LogP) is 5.31. The number of H-pyrrole nitrogens is 1. The number of hydrogen-bond donors (Lipinski definition) is 1. The summed E-state index contributed by atoms with van der Waals surface area (Å²) in [4.78, 5) is 15.2. The number of aromatic nitrogens is 3. The maximum Gasteiger partial charge on any atom is 0.137 e. The highest BCUT2D eigenvalue weighted by atomic mass is 15.1. The molecule has 0 atom stereocenters. The molecule has 30 heavy (non-hydrogen) atoms. The highest BCUT2D eigenvalue weighted by Crippen LogP contribution is 2.28. The molecule has 150 valence electrons. The predicted molar refractivity (Wildman–Crippen MR) is 121 cm³/mol. The van der Waals surface area contributed by atoms with Crippen LogP contribution in [0.15, 0.2) is 66.9 Å². The second-order valence-electron chi connectivity index (χ2n) is 8.15. The fourth-order valence-corrected chi connectivity index (χ4v) is 4.33. The normalized spacial score (nSPS) is 13.9. The van der Waals surface area contributed by atoms with Crippen molar-refractivity contribution in [2.45, 2.75) is 33.4 Å². The molecule has 4 nitrogen and oxygen atoms in total. The van der Waals surface area contributed by atoms with Crippen molar-refractivity contribution in [3.63, 3.8) is 0 Å². The van der Waals surface area contributed by atoms with Crippen LogP contribution < -0.4 is 0 Å². The fourth-order valence-electron chi connectivity index (χ4n) is 4.33. The Balaban J connectivity index is 1.31. The zero-order valence-electron chi connectivity index (χ0n) is 17.5. The van der Waals surface area contributed by atoms with Crippen molar-refractivity contribution in [2.24, 2.45) is 0 Å². The Hall–Kier alpha value is -3.24. The number of aromatic amines is 1. The first-order chi connectivity index (χ1) is 14.7. The Labute approximate surface area is 177 Å². The van der Waals surface area contributed by atoms with Crippen molar-refractivity contribution < 1.29 is 0 Å². The van der Waals surface area contributed by atoms with Crippen LogP contribution in [0.3, 0.4) is 0 Å². The van der Waals surface area contributed by atoms with E-state index in [1.165, 1.54) is 22.3 Å². The van der Waals surface area contributed by atoms with Crippen molar-refractivity contribution in [2.75, 3.05) is 6.54 Å². The molecule has 0 amide bonds. The van der Waals surface area contributed by atoms with Gasteiger partial charge in [-0.05, 0) is 43.0 Å². The van der Waals surface area contributed by atoms with Crippen molar-refractivity contribution in [1.29, 1.82) is 0 Å². The van der Waals surface area contributed by atoms with Gasteiger partial charge in [-0.2, -0.15) is 0 Å². The quantitative estimate of drug-likeness (QED) is 0.510. The first kappa shape index (κ1) is 18.8. The van der Waals surface area contributed by atoms with E-state index in [2.05, 4.69) is 69.2 Å². The van der Waals surface area contributed by atoms with E-state index in [-0.39, 0.29) is 0 Å². The molecule has 0 spiro atoms. The maximum atomic E-state index is 4.63. The van der Waals surface area contributed by atoms with Crippen molar-refractivity contribution in [3.05, 3.63) is 95.1 Å². The molecule has 4 aromatic rings. The molecule has 2 aromatic heterocycles. The van der Waals surface area contributed by atoms with Gasteiger partial charge in [-0.3, -0.25) is 9.88 Å². The number of benzene rings is 2. The summed E-state index contributed by atoms with van der Waals surface area (Å²) in [5.41, 5.74) is 9.84. The Morgan fingerprint density at radius 3 is 2.63 bits per heavy atom. The van der Waals surface area contributed by atoms with E-state index in [0.717, 1.165) is 54.5 Å². The summed E-state index contributed by atoms with van der Waals surface area (Å²) in [6.45, 7) is 7.06. The molecule has 4 heteroatoms. The van der Waals surface area contributed by atoms with Crippen LogP contribution in [0, 0.1) is 13.8 Å². The third kappa shape index (κ3) is 3.79. The van der Waals surface area contributed by atoms with E-state index in [1.54, 1.807) is 0 Å². The molecular weight excluding hydrogens is 368 g/mol.